The summed E-state index contributed by atoms with van der Waals surface area (Å²) in [6.45, 7) is 3.74. The number of nitrogens with zero attached hydrogens (tertiary/aromatic N) is 5. The van der Waals surface area contributed by atoms with Crippen LogP contribution < -0.4 is 5.32 Å². The molecule has 142 valence electrons. The molecule has 7 nitrogen and oxygen atoms in total. The summed E-state index contributed by atoms with van der Waals surface area (Å²) in [7, 11) is 1.82. The summed E-state index contributed by atoms with van der Waals surface area (Å²) < 4.78 is 2.50. The molecule has 0 spiro atoms. The molecule has 0 radical (unpaired) electrons. The topological polar surface area (TPSA) is 85.6 Å². The minimum absolute atomic E-state index is 0.234. The van der Waals surface area contributed by atoms with E-state index in [1.165, 1.54) is 16.9 Å². The van der Waals surface area contributed by atoms with Gasteiger partial charge in [0.25, 0.3) is 5.91 Å². The number of hydrogen-bond acceptors (Lipinski definition) is 7. The zero-order valence-corrected chi connectivity index (χ0v) is 17.3. The maximum absolute atomic E-state index is 12.9. The van der Waals surface area contributed by atoms with Gasteiger partial charge in [-0.05, 0) is 25.5 Å². The highest BCUT2D eigenvalue weighted by Gasteiger charge is 2.19. The lowest BCUT2D eigenvalue weighted by atomic mass is 10.1. The quantitative estimate of drug-likeness (QED) is 0.396. The second kappa shape index (κ2) is 7.69. The van der Waals surface area contributed by atoms with Crippen LogP contribution in [-0.2, 0) is 12.8 Å². The molecular weight excluding hydrogens is 392 g/mol. The van der Waals surface area contributed by atoms with Crippen LogP contribution in [0.3, 0.4) is 0 Å². The van der Waals surface area contributed by atoms with Crippen LogP contribution in [0, 0.1) is 13.8 Å². The first-order chi connectivity index (χ1) is 13.5. The second-order valence-electron chi connectivity index (χ2n) is 6.32. The number of thioether (sulfide) groups is 1. The average Bonchev–Trinajstić information content (AvgIpc) is 3.24. The minimum atomic E-state index is -0.234. The number of fused-ring (bicyclic) bond motifs is 1. The molecule has 0 atom stereocenters. The van der Waals surface area contributed by atoms with Gasteiger partial charge in [0, 0.05) is 18.5 Å². The number of aryl methyl sites for hydroxylation is 3. The molecule has 4 aromatic rings. The van der Waals surface area contributed by atoms with Gasteiger partial charge in [-0.25, -0.2) is 4.98 Å². The fraction of sp³-hybridized carbons (Fsp3) is 0.211. The highest BCUT2D eigenvalue weighted by molar-refractivity contribution is 8.00. The van der Waals surface area contributed by atoms with E-state index in [4.69, 9.17) is 0 Å². The van der Waals surface area contributed by atoms with Crippen molar-refractivity contribution in [1.29, 1.82) is 0 Å². The first kappa shape index (κ1) is 18.6. The van der Waals surface area contributed by atoms with Crippen LogP contribution in [0.15, 0.2) is 40.7 Å². The number of amides is 1. The Bertz CT molecular complexity index is 1150. The van der Waals surface area contributed by atoms with Crippen molar-refractivity contribution in [3.05, 3.63) is 58.9 Å². The zero-order chi connectivity index (χ0) is 19.7. The SMILES string of the molecule is Cc1cc(C(=O)Nc2nnc(SCc3ccccc3)s2)c2c(C)nn(C)c2n1. The third-order valence-corrected chi connectivity index (χ3v) is 6.22. The van der Waals surface area contributed by atoms with Gasteiger partial charge in [0.2, 0.25) is 5.13 Å². The van der Waals surface area contributed by atoms with E-state index in [0.29, 0.717) is 16.3 Å². The first-order valence-electron chi connectivity index (χ1n) is 8.64. The van der Waals surface area contributed by atoms with E-state index in [9.17, 15) is 4.79 Å². The second-order valence-corrected chi connectivity index (χ2v) is 8.52. The lowest BCUT2D eigenvalue weighted by molar-refractivity contribution is 0.102. The Balaban J connectivity index is 1.52. The number of benzene rings is 1. The predicted molar refractivity (Wildman–Crippen MR) is 112 cm³/mol. The molecule has 3 aromatic heterocycles. The Morgan fingerprint density at radius 2 is 2.00 bits per heavy atom. The van der Waals surface area contributed by atoms with Gasteiger partial charge >= 0.3 is 0 Å². The normalized spacial score (nSPS) is 11.1. The monoisotopic (exact) mass is 410 g/mol. The van der Waals surface area contributed by atoms with Crippen LogP contribution in [0.4, 0.5) is 5.13 Å². The highest BCUT2D eigenvalue weighted by Crippen LogP contribution is 2.29. The van der Waals surface area contributed by atoms with E-state index >= 15 is 0 Å². The van der Waals surface area contributed by atoms with E-state index in [-0.39, 0.29) is 5.91 Å². The summed E-state index contributed by atoms with van der Waals surface area (Å²) in [5.41, 5.74) is 3.99. The maximum Gasteiger partial charge on any atom is 0.258 e. The fourth-order valence-electron chi connectivity index (χ4n) is 2.95. The van der Waals surface area contributed by atoms with E-state index in [0.717, 1.165) is 26.9 Å². The maximum atomic E-state index is 12.9. The summed E-state index contributed by atoms with van der Waals surface area (Å²) in [5.74, 6) is 0.574. The molecule has 0 bridgehead atoms. The molecule has 1 amide bonds. The summed E-state index contributed by atoms with van der Waals surface area (Å²) in [6.07, 6.45) is 0. The van der Waals surface area contributed by atoms with Crippen molar-refractivity contribution in [2.24, 2.45) is 7.05 Å². The van der Waals surface area contributed by atoms with Crippen molar-refractivity contribution in [3.8, 4) is 0 Å². The Kier molecular flexibility index (Phi) is 5.10. The number of hydrogen-bond donors (Lipinski definition) is 1. The molecule has 0 aliphatic heterocycles. The highest BCUT2D eigenvalue weighted by atomic mass is 32.2. The summed E-state index contributed by atoms with van der Waals surface area (Å²) in [5, 5.41) is 16.8. The van der Waals surface area contributed by atoms with Crippen LogP contribution in [0.25, 0.3) is 11.0 Å². The minimum Gasteiger partial charge on any atom is -0.296 e. The molecule has 0 fully saturated rings. The number of anilines is 1. The number of carbonyl (C=O) groups is 1. The lowest BCUT2D eigenvalue weighted by Gasteiger charge is -2.05. The van der Waals surface area contributed by atoms with Crippen molar-refractivity contribution in [3.63, 3.8) is 0 Å². The largest absolute Gasteiger partial charge is 0.296 e. The van der Waals surface area contributed by atoms with E-state index in [1.54, 1.807) is 22.5 Å². The number of carbonyl (C=O) groups excluding carboxylic acids is 1. The van der Waals surface area contributed by atoms with Gasteiger partial charge in [-0.3, -0.25) is 14.8 Å². The number of nitrogens with one attached hydrogen (secondary N) is 1. The number of rotatable bonds is 5. The number of aromatic nitrogens is 5. The fourth-order valence-corrected chi connectivity index (χ4v) is 4.65. The summed E-state index contributed by atoms with van der Waals surface area (Å²) in [4.78, 5) is 17.4. The Hall–Kier alpha value is -2.78. The first-order valence-corrected chi connectivity index (χ1v) is 10.4. The molecule has 3 heterocycles. The standard InChI is InChI=1S/C19H18N6OS2/c1-11-9-14(15-12(2)24-25(3)16(15)20-11)17(26)21-18-22-23-19(28-18)27-10-13-7-5-4-6-8-13/h4-9H,10H2,1-3H3,(H,21,22,26). The molecule has 0 unspecified atom stereocenters. The van der Waals surface area contributed by atoms with Crippen molar-refractivity contribution < 1.29 is 4.79 Å². The van der Waals surface area contributed by atoms with Gasteiger partial charge < -0.3 is 0 Å². The smallest absolute Gasteiger partial charge is 0.258 e. The molecule has 1 N–H and O–H groups in total. The van der Waals surface area contributed by atoms with Gasteiger partial charge in [0.05, 0.1) is 16.6 Å². The van der Waals surface area contributed by atoms with Gasteiger partial charge in [0.1, 0.15) is 0 Å². The van der Waals surface area contributed by atoms with E-state index in [1.807, 2.05) is 39.1 Å². The van der Waals surface area contributed by atoms with Gasteiger partial charge in [-0.2, -0.15) is 5.10 Å². The molecule has 4 rings (SSSR count). The van der Waals surface area contributed by atoms with Gasteiger partial charge in [-0.1, -0.05) is 53.4 Å². The van der Waals surface area contributed by atoms with Gasteiger partial charge in [-0.15, -0.1) is 10.2 Å². The van der Waals surface area contributed by atoms with Crippen molar-refractivity contribution in [2.45, 2.75) is 23.9 Å². The average molecular weight is 411 g/mol. The van der Waals surface area contributed by atoms with E-state index in [2.05, 4.69) is 37.7 Å². The molecule has 28 heavy (non-hydrogen) atoms. The molecule has 9 heteroatoms. The van der Waals surface area contributed by atoms with Crippen molar-refractivity contribution in [2.75, 3.05) is 5.32 Å². The molecule has 0 saturated carbocycles. The number of pyridine rings is 1. The van der Waals surface area contributed by atoms with Crippen molar-refractivity contribution in [1.82, 2.24) is 25.0 Å². The predicted octanol–water partition coefficient (Wildman–Crippen LogP) is 3.98. The Morgan fingerprint density at radius 1 is 1.21 bits per heavy atom. The summed E-state index contributed by atoms with van der Waals surface area (Å²) in [6, 6.07) is 11.9. The van der Waals surface area contributed by atoms with Crippen LogP contribution in [0.5, 0.6) is 0 Å². The Morgan fingerprint density at radius 3 is 2.79 bits per heavy atom. The molecule has 0 aliphatic rings. The molecule has 1 aromatic carbocycles. The van der Waals surface area contributed by atoms with E-state index < -0.39 is 0 Å². The molecule has 0 saturated heterocycles. The summed E-state index contributed by atoms with van der Waals surface area (Å²) >= 11 is 2.96. The zero-order valence-electron chi connectivity index (χ0n) is 15.6. The van der Waals surface area contributed by atoms with Crippen LogP contribution in [-0.4, -0.2) is 30.9 Å². The van der Waals surface area contributed by atoms with Gasteiger partial charge in [0.15, 0.2) is 9.99 Å². The third kappa shape index (κ3) is 3.76. The van der Waals surface area contributed by atoms with Crippen LogP contribution in [0.1, 0.15) is 27.3 Å². The third-order valence-electron chi connectivity index (χ3n) is 4.17. The Labute approximate surface area is 170 Å². The lowest BCUT2D eigenvalue weighted by Crippen LogP contribution is -2.13. The van der Waals surface area contributed by atoms with Crippen LogP contribution in [0.2, 0.25) is 0 Å². The molecule has 0 aliphatic carbocycles. The van der Waals surface area contributed by atoms with Crippen LogP contribution >= 0.6 is 23.1 Å². The van der Waals surface area contributed by atoms with Crippen molar-refractivity contribution >= 4 is 45.2 Å². The molecular formula is C19H18N6OS2.